The molecule has 1 nitrogen and oxygen atoms in total. The summed E-state index contributed by atoms with van der Waals surface area (Å²) in [5, 5.41) is 0. The Labute approximate surface area is 138 Å². The lowest BCUT2D eigenvalue weighted by atomic mass is 9.81. The van der Waals surface area contributed by atoms with E-state index in [9.17, 15) is 0 Å². The third-order valence-corrected chi connectivity index (χ3v) is 5.14. The minimum Gasteiger partial charge on any atom is -0.344 e. The molecule has 0 aromatic heterocycles. The molecule has 1 heteroatoms. The van der Waals surface area contributed by atoms with Crippen LogP contribution in [0.2, 0.25) is 0 Å². The van der Waals surface area contributed by atoms with Crippen LogP contribution in [0.5, 0.6) is 0 Å². The van der Waals surface area contributed by atoms with Gasteiger partial charge in [-0.15, -0.1) is 0 Å². The molecular weight excluding hydrogens is 278 g/mol. The SMILES string of the molecule is C=CN1C=CC=CC1c1ccc2c(c1)C(C)(C)c1ccccc1-2. The number of nitrogens with zero attached hydrogens (tertiary/aromatic N) is 1. The van der Waals surface area contributed by atoms with Gasteiger partial charge in [0.05, 0.1) is 6.04 Å². The molecule has 2 aromatic carbocycles. The molecule has 23 heavy (non-hydrogen) atoms. The van der Waals surface area contributed by atoms with Gasteiger partial charge in [-0.05, 0) is 40.1 Å². The minimum absolute atomic E-state index is 0.0508. The van der Waals surface area contributed by atoms with E-state index in [0.29, 0.717) is 0 Å². The Morgan fingerprint density at radius 1 is 1.00 bits per heavy atom. The van der Waals surface area contributed by atoms with Crippen LogP contribution >= 0.6 is 0 Å². The van der Waals surface area contributed by atoms with Crippen LogP contribution in [-0.2, 0) is 5.41 Å². The van der Waals surface area contributed by atoms with E-state index in [1.165, 1.54) is 27.8 Å². The van der Waals surface area contributed by atoms with E-state index in [1.807, 2.05) is 12.3 Å². The number of hydrogen-bond donors (Lipinski definition) is 0. The van der Waals surface area contributed by atoms with E-state index in [-0.39, 0.29) is 11.5 Å². The lowest BCUT2D eigenvalue weighted by molar-refractivity contribution is 0.434. The van der Waals surface area contributed by atoms with Crippen molar-refractivity contribution >= 4 is 0 Å². The average molecular weight is 299 g/mol. The predicted molar refractivity (Wildman–Crippen MR) is 97.1 cm³/mol. The van der Waals surface area contributed by atoms with Crippen LogP contribution in [0.25, 0.3) is 11.1 Å². The Bertz CT molecular complexity index is 839. The van der Waals surface area contributed by atoms with E-state index in [1.54, 1.807) is 0 Å². The average Bonchev–Trinajstić information content (AvgIpc) is 2.83. The lowest BCUT2D eigenvalue weighted by Gasteiger charge is -2.29. The van der Waals surface area contributed by atoms with Gasteiger partial charge in [0, 0.05) is 11.6 Å². The molecule has 2 aromatic rings. The fraction of sp³-hybridized carbons (Fsp3) is 0.182. The van der Waals surface area contributed by atoms with Crippen molar-refractivity contribution in [2.45, 2.75) is 25.3 Å². The molecule has 2 aliphatic rings. The fourth-order valence-corrected chi connectivity index (χ4v) is 3.87. The second-order valence-corrected chi connectivity index (χ2v) is 6.78. The molecule has 1 unspecified atom stereocenters. The van der Waals surface area contributed by atoms with Crippen molar-refractivity contribution in [2.24, 2.45) is 0 Å². The van der Waals surface area contributed by atoms with Gasteiger partial charge in [0.15, 0.2) is 0 Å². The number of fused-ring (bicyclic) bond motifs is 3. The Morgan fingerprint density at radius 2 is 1.78 bits per heavy atom. The molecule has 1 heterocycles. The van der Waals surface area contributed by atoms with Crippen LogP contribution in [0.1, 0.15) is 36.6 Å². The Balaban J connectivity index is 1.85. The molecule has 1 aliphatic heterocycles. The van der Waals surface area contributed by atoms with Crippen LogP contribution in [0.3, 0.4) is 0 Å². The summed E-state index contributed by atoms with van der Waals surface area (Å²) >= 11 is 0. The zero-order valence-corrected chi connectivity index (χ0v) is 13.7. The first-order valence-corrected chi connectivity index (χ1v) is 8.12. The van der Waals surface area contributed by atoms with Gasteiger partial charge in [0.1, 0.15) is 0 Å². The van der Waals surface area contributed by atoms with Gasteiger partial charge in [-0.1, -0.05) is 75.0 Å². The van der Waals surface area contributed by atoms with Gasteiger partial charge < -0.3 is 4.90 Å². The zero-order valence-electron chi connectivity index (χ0n) is 13.7. The molecule has 4 rings (SSSR count). The van der Waals surface area contributed by atoms with E-state index in [2.05, 4.69) is 86.1 Å². The highest BCUT2D eigenvalue weighted by molar-refractivity contribution is 5.81. The zero-order chi connectivity index (χ0) is 16.0. The molecule has 0 spiro atoms. The van der Waals surface area contributed by atoms with Crippen LogP contribution in [-0.4, -0.2) is 4.90 Å². The van der Waals surface area contributed by atoms with Gasteiger partial charge in [-0.2, -0.15) is 0 Å². The van der Waals surface area contributed by atoms with Crippen molar-refractivity contribution in [1.29, 1.82) is 0 Å². The summed E-state index contributed by atoms with van der Waals surface area (Å²) in [7, 11) is 0. The summed E-state index contributed by atoms with van der Waals surface area (Å²) in [4.78, 5) is 2.15. The van der Waals surface area contributed by atoms with Crippen molar-refractivity contribution in [3.63, 3.8) is 0 Å². The van der Waals surface area contributed by atoms with Crippen LogP contribution in [0, 0.1) is 0 Å². The van der Waals surface area contributed by atoms with Crippen molar-refractivity contribution in [2.75, 3.05) is 0 Å². The largest absolute Gasteiger partial charge is 0.344 e. The van der Waals surface area contributed by atoms with E-state index >= 15 is 0 Å². The van der Waals surface area contributed by atoms with Crippen molar-refractivity contribution in [3.05, 3.63) is 96.4 Å². The smallest absolute Gasteiger partial charge is 0.0766 e. The van der Waals surface area contributed by atoms with E-state index in [4.69, 9.17) is 0 Å². The summed E-state index contributed by atoms with van der Waals surface area (Å²) in [6.45, 7) is 8.58. The molecule has 0 saturated carbocycles. The molecule has 1 atom stereocenters. The van der Waals surface area contributed by atoms with E-state index in [0.717, 1.165) is 0 Å². The topological polar surface area (TPSA) is 3.24 Å². The first kappa shape index (κ1) is 14.1. The van der Waals surface area contributed by atoms with Gasteiger partial charge in [0.2, 0.25) is 0 Å². The molecule has 0 radical (unpaired) electrons. The normalized spacial score (nSPS) is 20.3. The maximum Gasteiger partial charge on any atom is 0.0766 e. The van der Waals surface area contributed by atoms with Crippen LogP contribution in [0.4, 0.5) is 0 Å². The molecule has 114 valence electrons. The monoisotopic (exact) mass is 299 g/mol. The number of rotatable bonds is 2. The van der Waals surface area contributed by atoms with E-state index < -0.39 is 0 Å². The second kappa shape index (κ2) is 4.99. The third-order valence-electron chi connectivity index (χ3n) is 5.14. The molecule has 0 fully saturated rings. The summed E-state index contributed by atoms with van der Waals surface area (Å²) < 4.78 is 0. The highest BCUT2D eigenvalue weighted by Gasteiger charge is 2.35. The third kappa shape index (κ3) is 2.00. The van der Waals surface area contributed by atoms with Crippen molar-refractivity contribution in [3.8, 4) is 11.1 Å². The first-order chi connectivity index (χ1) is 11.1. The Hall–Kier alpha value is -2.54. The standard InChI is InChI=1S/C22H21N/c1-4-23-14-8-7-11-21(23)16-12-13-18-17-9-5-6-10-19(17)22(2,3)20(18)15-16/h4-15,21H,1H2,2-3H3. The van der Waals surface area contributed by atoms with Crippen LogP contribution in [0.15, 0.2) is 79.7 Å². The molecule has 0 N–H and O–H groups in total. The second-order valence-electron chi connectivity index (χ2n) is 6.78. The quantitative estimate of drug-likeness (QED) is 0.701. The summed E-state index contributed by atoms with van der Waals surface area (Å²) in [6.07, 6.45) is 10.3. The van der Waals surface area contributed by atoms with Gasteiger partial charge in [-0.25, -0.2) is 0 Å². The first-order valence-electron chi connectivity index (χ1n) is 8.12. The summed E-state index contributed by atoms with van der Waals surface area (Å²) in [6, 6.07) is 15.9. The Kier molecular flexibility index (Phi) is 3.05. The summed E-state index contributed by atoms with van der Waals surface area (Å²) in [5.74, 6) is 0. The van der Waals surface area contributed by atoms with Gasteiger partial charge >= 0.3 is 0 Å². The van der Waals surface area contributed by atoms with Gasteiger partial charge in [-0.3, -0.25) is 0 Å². The highest BCUT2D eigenvalue weighted by atomic mass is 15.1. The van der Waals surface area contributed by atoms with Crippen LogP contribution < -0.4 is 0 Å². The number of hydrogen-bond acceptors (Lipinski definition) is 1. The maximum atomic E-state index is 3.93. The highest BCUT2D eigenvalue weighted by Crippen LogP contribution is 2.49. The van der Waals surface area contributed by atoms with Crippen molar-refractivity contribution < 1.29 is 0 Å². The van der Waals surface area contributed by atoms with Crippen molar-refractivity contribution in [1.82, 2.24) is 4.90 Å². The molecule has 1 aliphatic carbocycles. The summed E-state index contributed by atoms with van der Waals surface area (Å²) in [5.41, 5.74) is 6.95. The predicted octanol–water partition coefficient (Wildman–Crippen LogP) is 5.56. The molecular formula is C22H21N. The molecule has 0 amide bonds. The molecule has 0 saturated heterocycles. The maximum absolute atomic E-state index is 3.93. The number of benzene rings is 2. The lowest BCUT2D eigenvalue weighted by Crippen LogP contribution is -2.19. The molecule has 0 bridgehead atoms. The fourth-order valence-electron chi connectivity index (χ4n) is 3.87. The Morgan fingerprint density at radius 3 is 2.61 bits per heavy atom. The van der Waals surface area contributed by atoms with Gasteiger partial charge in [0.25, 0.3) is 0 Å². The minimum atomic E-state index is 0.0508. The number of allylic oxidation sites excluding steroid dienone is 2.